The monoisotopic (exact) mass is 467 g/mol. The molecule has 1 aliphatic heterocycles. The topological polar surface area (TPSA) is 56.9 Å². The fourth-order valence-corrected chi connectivity index (χ4v) is 3.55. The first kappa shape index (κ1) is 19.2. The van der Waals surface area contributed by atoms with E-state index < -0.39 is 0 Å². The van der Waals surface area contributed by atoms with Gasteiger partial charge in [0.2, 0.25) is 0 Å². The molecular weight excluding hydrogens is 441 g/mol. The molecule has 7 heteroatoms. The number of aromatic nitrogens is 1. The highest BCUT2D eigenvalue weighted by Gasteiger charge is 2.39. The molecule has 6 nitrogen and oxygen atoms in total. The van der Waals surface area contributed by atoms with Gasteiger partial charge in [-0.3, -0.25) is 9.89 Å². The van der Waals surface area contributed by atoms with Crippen LogP contribution in [0, 0.1) is 0 Å². The molecule has 2 unspecified atom stereocenters. The number of hydrogen-bond acceptors (Lipinski definition) is 4. The zero-order chi connectivity index (χ0) is 17.1. The Bertz CT molecular complexity index is 698. The van der Waals surface area contributed by atoms with Crippen LogP contribution >= 0.6 is 24.0 Å². The maximum atomic E-state index is 4.91. The van der Waals surface area contributed by atoms with Gasteiger partial charge in [-0.25, -0.2) is 0 Å². The van der Waals surface area contributed by atoms with E-state index in [1.54, 1.807) is 6.26 Å². The molecule has 26 heavy (non-hydrogen) atoms. The van der Waals surface area contributed by atoms with Crippen molar-refractivity contribution in [3.8, 4) is 0 Å². The zero-order valence-corrected chi connectivity index (χ0v) is 17.4. The average molecular weight is 467 g/mol. The van der Waals surface area contributed by atoms with Crippen LogP contribution in [0.1, 0.15) is 23.6 Å². The Morgan fingerprint density at radius 3 is 2.62 bits per heavy atom. The van der Waals surface area contributed by atoms with Crippen molar-refractivity contribution in [1.82, 2.24) is 20.3 Å². The second-order valence-corrected chi connectivity index (χ2v) is 6.80. The molecule has 0 spiro atoms. The second kappa shape index (κ2) is 8.85. The number of aliphatic imine (C=N–C) groups is 1. The minimum atomic E-state index is 0. The number of hydrogen-bond donors (Lipinski definition) is 1. The first-order valence-corrected chi connectivity index (χ1v) is 8.98. The standard InChI is InChI=1S/C19H25N5O.HI/c1-20-19(21-18-13-17(18)15-5-3-2-4-6-15)24-10-8-23(9-11-24)14-16-7-12-25-22-16;/h2-7,12,17-18H,8-11,13-14H2,1H3,(H,20,21);1H. The molecule has 2 heterocycles. The fraction of sp³-hybridized carbons (Fsp3) is 0.474. The maximum Gasteiger partial charge on any atom is 0.193 e. The van der Waals surface area contributed by atoms with Crippen molar-refractivity contribution in [2.75, 3.05) is 33.2 Å². The lowest BCUT2D eigenvalue weighted by Crippen LogP contribution is -2.52. The molecule has 1 aromatic heterocycles. The predicted octanol–water partition coefficient (Wildman–Crippen LogP) is 2.54. The molecule has 1 aromatic carbocycles. The van der Waals surface area contributed by atoms with Crippen LogP contribution in [0.5, 0.6) is 0 Å². The SMILES string of the molecule is CN=C(NC1CC1c1ccccc1)N1CCN(Cc2ccon2)CC1.I. The van der Waals surface area contributed by atoms with Gasteiger partial charge in [0, 0.05) is 57.8 Å². The van der Waals surface area contributed by atoms with Crippen LogP contribution in [-0.4, -0.2) is 60.2 Å². The van der Waals surface area contributed by atoms with Gasteiger partial charge in [-0.05, 0) is 12.0 Å². The summed E-state index contributed by atoms with van der Waals surface area (Å²) in [6.45, 7) is 4.86. The number of halogens is 1. The molecule has 1 N–H and O–H groups in total. The zero-order valence-electron chi connectivity index (χ0n) is 15.0. The van der Waals surface area contributed by atoms with E-state index >= 15 is 0 Å². The lowest BCUT2D eigenvalue weighted by Gasteiger charge is -2.36. The molecule has 2 aromatic rings. The summed E-state index contributed by atoms with van der Waals surface area (Å²) in [5.41, 5.74) is 2.42. The summed E-state index contributed by atoms with van der Waals surface area (Å²) in [4.78, 5) is 9.28. The highest BCUT2D eigenvalue weighted by molar-refractivity contribution is 14.0. The van der Waals surface area contributed by atoms with Gasteiger partial charge in [0.1, 0.15) is 6.26 Å². The smallest absolute Gasteiger partial charge is 0.193 e. The van der Waals surface area contributed by atoms with Gasteiger partial charge in [0.25, 0.3) is 0 Å². The van der Waals surface area contributed by atoms with Crippen LogP contribution in [0.25, 0.3) is 0 Å². The number of benzene rings is 1. The Kier molecular flexibility index (Phi) is 6.53. The summed E-state index contributed by atoms with van der Waals surface area (Å²) in [5.74, 6) is 1.65. The normalized spacial score (nSPS) is 23.4. The van der Waals surface area contributed by atoms with Gasteiger partial charge in [0.05, 0.1) is 5.69 Å². The van der Waals surface area contributed by atoms with E-state index in [9.17, 15) is 0 Å². The lowest BCUT2D eigenvalue weighted by molar-refractivity contribution is 0.169. The number of rotatable bonds is 4. The number of piperazine rings is 1. The van der Waals surface area contributed by atoms with Crippen LogP contribution in [0.15, 0.2) is 52.2 Å². The molecule has 4 rings (SSSR count). The van der Waals surface area contributed by atoms with Gasteiger partial charge in [-0.2, -0.15) is 0 Å². The summed E-state index contributed by atoms with van der Waals surface area (Å²) in [6.07, 6.45) is 2.82. The molecule has 0 amide bonds. The van der Waals surface area contributed by atoms with Gasteiger partial charge in [-0.15, -0.1) is 24.0 Å². The van der Waals surface area contributed by atoms with Gasteiger partial charge >= 0.3 is 0 Å². The van der Waals surface area contributed by atoms with E-state index in [-0.39, 0.29) is 24.0 Å². The van der Waals surface area contributed by atoms with E-state index in [1.165, 1.54) is 12.0 Å². The predicted molar refractivity (Wildman–Crippen MR) is 113 cm³/mol. The van der Waals surface area contributed by atoms with Crippen molar-refractivity contribution < 1.29 is 4.52 Å². The van der Waals surface area contributed by atoms with Crippen LogP contribution in [0.3, 0.4) is 0 Å². The second-order valence-electron chi connectivity index (χ2n) is 6.80. The third-order valence-corrected chi connectivity index (χ3v) is 5.09. The van der Waals surface area contributed by atoms with Gasteiger partial charge < -0.3 is 14.7 Å². The highest BCUT2D eigenvalue weighted by Crippen LogP contribution is 2.40. The van der Waals surface area contributed by atoms with Crippen LogP contribution in [0.4, 0.5) is 0 Å². The van der Waals surface area contributed by atoms with Crippen molar-refractivity contribution >= 4 is 29.9 Å². The largest absolute Gasteiger partial charge is 0.364 e. The Hall–Kier alpha value is -1.61. The Labute approximate surface area is 171 Å². The Morgan fingerprint density at radius 2 is 1.96 bits per heavy atom. The number of nitrogens with zero attached hydrogens (tertiary/aromatic N) is 4. The van der Waals surface area contributed by atoms with Crippen molar-refractivity contribution in [3.63, 3.8) is 0 Å². The molecule has 1 aliphatic carbocycles. The first-order chi connectivity index (χ1) is 12.3. The van der Waals surface area contributed by atoms with E-state index in [4.69, 9.17) is 4.52 Å². The van der Waals surface area contributed by atoms with E-state index in [1.807, 2.05) is 13.1 Å². The summed E-state index contributed by atoms with van der Waals surface area (Å²) in [7, 11) is 1.88. The Morgan fingerprint density at radius 1 is 1.19 bits per heavy atom. The van der Waals surface area contributed by atoms with E-state index in [2.05, 4.69) is 55.6 Å². The number of guanidine groups is 1. The van der Waals surface area contributed by atoms with Crippen molar-refractivity contribution in [2.24, 2.45) is 4.99 Å². The first-order valence-electron chi connectivity index (χ1n) is 8.98. The van der Waals surface area contributed by atoms with Crippen LogP contribution in [0.2, 0.25) is 0 Å². The quantitative estimate of drug-likeness (QED) is 0.426. The molecule has 140 valence electrons. The molecule has 2 fully saturated rings. The summed E-state index contributed by atoms with van der Waals surface area (Å²) in [6, 6.07) is 13.2. The Balaban J connectivity index is 0.00000196. The molecule has 0 bridgehead atoms. The molecular formula is C19H26IN5O. The molecule has 1 saturated carbocycles. The summed E-state index contributed by atoms with van der Waals surface area (Å²) < 4.78 is 4.91. The minimum Gasteiger partial charge on any atom is -0.364 e. The third kappa shape index (κ3) is 4.56. The van der Waals surface area contributed by atoms with Crippen molar-refractivity contribution in [3.05, 3.63) is 53.9 Å². The fourth-order valence-electron chi connectivity index (χ4n) is 3.55. The summed E-state index contributed by atoms with van der Waals surface area (Å²) in [5, 5.41) is 7.65. The summed E-state index contributed by atoms with van der Waals surface area (Å²) >= 11 is 0. The minimum absolute atomic E-state index is 0. The third-order valence-electron chi connectivity index (χ3n) is 5.09. The molecule has 0 radical (unpaired) electrons. The van der Waals surface area contributed by atoms with Crippen molar-refractivity contribution in [2.45, 2.75) is 24.9 Å². The molecule has 2 aliphatic rings. The number of nitrogens with one attached hydrogen (secondary N) is 1. The lowest BCUT2D eigenvalue weighted by atomic mass is 10.1. The van der Waals surface area contributed by atoms with Crippen LogP contribution < -0.4 is 5.32 Å². The van der Waals surface area contributed by atoms with Gasteiger partial charge in [0.15, 0.2) is 5.96 Å². The van der Waals surface area contributed by atoms with Crippen LogP contribution in [-0.2, 0) is 6.54 Å². The van der Waals surface area contributed by atoms with E-state index in [0.29, 0.717) is 12.0 Å². The molecule has 1 saturated heterocycles. The maximum absolute atomic E-state index is 4.91. The van der Waals surface area contributed by atoms with Gasteiger partial charge in [-0.1, -0.05) is 35.5 Å². The molecule has 2 atom stereocenters. The highest BCUT2D eigenvalue weighted by atomic mass is 127. The van der Waals surface area contributed by atoms with E-state index in [0.717, 1.165) is 44.4 Å². The van der Waals surface area contributed by atoms with Crippen molar-refractivity contribution in [1.29, 1.82) is 0 Å². The average Bonchev–Trinajstić information content (AvgIpc) is 3.25.